The number of carbonyl (C=O) groups is 1. The minimum Gasteiger partial charge on any atom is -0.497 e. The molecular formula is C12H18N2O3. The van der Waals surface area contributed by atoms with E-state index in [1.165, 1.54) is 0 Å². The second-order valence-corrected chi connectivity index (χ2v) is 3.50. The fourth-order valence-corrected chi connectivity index (χ4v) is 1.34. The molecule has 0 saturated carbocycles. The SMILES string of the molecule is CNCCC(=O)Nc1cc(OC)cc(OC)c1. The lowest BCUT2D eigenvalue weighted by atomic mass is 10.2. The van der Waals surface area contributed by atoms with Crippen molar-refractivity contribution < 1.29 is 14.3 Å². The highest BCUT2D eigenvalue weighted by Crippen LogP contribution is 2.25. The molecule has 0 aliphatic carbocycles. The first kappa shape index (κ1) is 13.3. The van der Waals surface area contributed by atoms with Gasteiger partial charge in [0.2, 0.25) is 5.91 Å². The smallest absolute Gasteiger partial charge is 0.225 e. The number of rotatable bonds is 6. The topological polar surface area (TPSA) is 59.6 Å². The normalized spacial score (nSPS) is 9.82. The lowest BCUT2D eigenvalue weighted by molar-refractivity contribution is -0.116. The van der Waals surface area contributed by atoms with Crippen LogP contribution in [-0.4, -0.2) is 33.7 Å². The summed E-state index contributed by atoms with van der Waals surface area (Å²) in [5.74, 6) is 1.25. The number of carbonyl (C=O) groups excluding carboxylic acids is 1. The maximum absolute atomic E-state index is 11.5. The Bertz CT molecular complexity index is 358. The van der Waals surface area contributed by atoms with Gasteiger partial charge < -0.3 is 20.1 Å². The van der Waals surface area contributed by atoms with Crippen molar-refractivity contribution in [3.05, 3.63) is 18.2 Å². The highest BCUT2D eigenvalue weighted by molar-refractivity contribution is 5.91. The number of anilines is 1. The van der Waals surface area contributed by atoms with Crippen molar-refractivity contribution in [2.24, 2.45) is 0 Å². The van der Waals surface area contributed by atoms with Crippen LogP contribution in [0.5, 0.6) is 11.5 Å². The number of hydrogen-bond donors (Lipinski definition) is 2. The van der Waals surface area contributed by atoms with Crippen LogP contribution in [-0.2, 0) is 4.79 Å². The zero-order valence-electron chi connectivity index (χ0n) is 10.4. The van der Waals surface area contributed by atoms with E-state index in [2.05, 4.69) is 10.6 Å². The van der Waals surface area contributed by atoms with Crippen LogP contribution in [0, 0.1) is 0 Å². The highest BCUT2D eigenvalue weighted by atomic mass is 16.5. The van der Waals surface area contributed by atoms with Gasteiger partial charge in [0.25, 0.3) is 0 Å². The van der Waals surface area contributed by atoms with E-state index in [1.807, 2.05) is 7.05 Å². The molecule has 5 nitrogen and oxygen atoms in total. The van der Waals surface area contributed by atoms with Gasteiger partial charge in [0.15, 0.2) is 0 Å². The average molecular weight is 238 g/mol. The summed E-state index contributed by atoms with van der Waals surface area (Å²) in [6.07, 6.45) is 0.427. The molecule has 0 aliphatic heterocycles. The van der Waals surface area contributed by atoms with Crippen molar-refractivity contribution in [2.45, 2.75) is 6.42 Å². The quantitative estimate of drug-likeness (QED) is 0.783. The molecule has 1 aromatic rings. The van der Waals surface area contributed by atoms with Gasteiger partial charge in [-0.2, -0.15) is 0 Å². The van der Waals surface area contributed by atoms with E-state index >= 15 is 0 Å². The molecule has 17 heavy (non-hydrogen) atoms. The number of nitrogens with one attached hydrogen (secondary N) is 2. The second kappa shape index (κ2) is 6.75. The zero-order valence-corrected chi connectivity index (χ0v) is 10.4. The van der Waals surface area contributed by atoms with Crippen molar-refractivity contribution in [3.63, 3.8) is 0 Å². The maximum Gasteiger partial charge on any atom is 0.225 e. The number of benzene rings is 1. The van der Waals surface area contributed by atoms with Crippen molar-refractivity contribution in [1.29, 1.82) is 0 Å². The fraction of sp³-hybridized carbons (Fsp3) is 0.417. The Labute approximate surface area is 101 Å². The van der Waals surface area contributed by atoms with Crippen LogP contribution < -0.4 is 20.1 Å². The summed E-state index contributed by atoms with van der Waals surface area (Å²) in [6.45, 7) is 0.646. The number of hydrogen-bond acceptors (Lipinski definition) is 4. The number of methoxy groups -OCH3 is 2. The Morgan fingerprint density at radius 1 is 1.18 bits per heavy atom. The molecule has 0 atom stereocenters. The molecule has 94 valence electrons. The molecule has 0 saturated heterocycles. The monoisotopic (exact) mass is 238 g/mol. The van der Waals surface area contributed by atoms with Crippen LogP contribution in [0.25, 0.3) is 0 Å². The Kier molecular flexibility index (Phi) is 5.29. The Balaban J connectivity index is 2.72. The number of ether oxygens (including phenoxy) is 2. The van der Waals surface area contributed by atoms with Gasteiger partial charge in [0.1, 0.15) is 11.5 Å². The Hall–Kier alpha value is -1.75. The highest BCUT2D eigenvalue weighted by Gasteiger charge is 2.05. The van der Waals surface area contributed by atoms with Crippen LogP contribution in [0.3, 0.4) is 0 Å². The van der Waals surface area contributed by atoms with Crippen molar-refractivity contribution in [1.82, 2.24) is 5.32 Å². The molecular weight excluding hydrogens is 220 g/mol. The predicted molar refractivity (Wildman–Crippen MR) is 66.7 cm³/mol. The van der Waals surface area contributed by atoms with E-state index in [0.29, 0.717) is 30.2 Å². The number of amides is 1. The van der Waals surface area contributed by atoms with E-state index in [-0.39, 0.29) is 5.91 Å². The molecule has 1 amide bonds. The molecule has 0 aromatic heterocycles. The van der Waals surface area contributed by atoms with E-state index in [0.717, 1.165) is 0 Å². The summed E-state index contributed by atoms with van der Waals surface area (Å²) in [4.78, 5) is 11.5. The third kappa shape index (κ3) is 4.32. The zero-order chi connectivity index (χ0) is 12.7. The van der Waals surface area contributed by atoms with Crippen LogP contribution in [0.15, 0.2) is 18.2 Å². The maximum atomic E-state index is 11.5. The Morgan fingerprint density at radius 2 is 1.76 bits per heavy atom. The lowest BCUT2D eigenvalue weighted by Crippen LogP contribution is -2.18. The summed E-state index contributed by atoms with van der Waals surface area (Å²) in [5, 5.41) is 5.71. The first-order valence-electron chi connectivity index (χ1n) is 5.37. The first-order chi connectivity index (χ1) is 8.19. The molecule has 0 aliphatic rings. The molecule has 0 spiro atoms. The minimum atomic E-state index is -0.0466. The van der Waals surface area contributed by atoms with Crippen LogP contribution in [0.4, 0.5) is 5.69 Å². The van der Waals surface area contributed by atoms with E-state index in [4.69, 9.17) is 9.47 Å². The van der Waals surface area contributed by atoms with E-state index in [1.54, 1.807) is 32.4 Å². The molecule has 0 bridgehead atoms. The van der Waals surface area contributed by atoms with Gasteiger partial charge in [-0.25, -0.2) is 0 Å². The lowest BCUT2D eigenvalue weighted by Gasteiger charge is -2.09. The largest absolute Gasteiger partial charge is 0.497 e. The summed E-state index contributed by atoms with van der Waals surface area (Å²) in [5.41, 5.74) is 0.669. The van der Waals surface area contributed by atoms with Crippen LogP contribution in [0.2, 0.25) is 0 Å². The third-order valence-electron chi connectivity index (χ3n) is 2.24. The molecule has 0 unspecified atom stereocenters. The molecule has 1 rings (SSSR count). The van der Waals surface area contributed by atoms with Crippen molar-refractivity contribution >= 4 is 11.6 Å². The van der Waals surface area contributed by atoms with Crippen molar-refractivity contribution in [3.8, 4) is 11.5 Å². The molecule has 0 fully saturated rings. The summed E-state index contributed by atoms with van der Waals surface area (Å²) >= 11 is 0. The van der Waals surface area contributed by atoms with Gasteiger partial charge in [-0.3, -0.25) is 4.79 Å². The molecule has 0 heterocycles. The van der Waals surface area contributed by atoms with Crippen molar-refractivity contribution in [2.75, 3.05) is 33.1 Å². The van der Waals surface area contributed by atoms with Gasteiger partial charge in [-0.1, -0.05) is 0 Å². The second-order valence-electron chi connectivity index (χ2n) is 3.50. The van der Waals surface area contributed by atoms with Gasteiger partial charge >= 0.3 is 0 Å². The summed E-state index contributed by atoms with van der Waals surface area (Å²) in [6, 6.07) is 5.25. The molecule has 0 radical (unpaired) electrons. The van der Waals surface area contributed by atoms with Gasteiger partial charge in [0.05, 0.1) is 14.2 Å². The standard InChI is InChI=1S/C12H18N2O3/c1-13-5-4-12(15)14-9-6-10(16-2)8-11(7-9)17-3/h6-8,13H,4-5H2,1-3H3,(H,14,15). The van der Waals surface area contributed by atoms with E-state index in [9.17, 15) is 4.79 Å². The van der Waals surface area contributed by atoms with Crippen LogP contribution >= 0.6 is 0 Å². The fourth-order valence-electron chi connectivity index (χ4n) is 1.34. The van der Waals surface area contributed by atoms with E-state index < -0.39 is 0 Å². The van der Waals surface area contributed by atoms with Gasteiger partial charge in [-0.15, -0.1) is 0 Å². The van der Waals surface area contributed by atoms with Gasteiger partial charge in [-0.05, 0) is 7.05 Å². The molecule has 5 heteroatoms. The average Bonchev–Trinajstić information content (AvgIpc) is 2.35. The van der Waals surface area contributed by atoms with Gasteiger partial charge in [0, 0.05) is 36.9 Å². The predicted octanol–water partition coefficient (Wildman–Crippen LogP) is 1.25. The minimum absolute atomic E-state index is 0.0466. The summed E-state index contributed by atoms with van der Waals surface area (Å²) < 4.78 is 10.2. The third-order valence-corrected chi connectivity index (χ3v) is 2.24. The summed E-state index contributed by atoms with van der Waals surface area (Å²) in [7, 11) is 4.95. The first-order valence-corrected chi connectivity index (χ1v) is 5.37. The molecule has 2 N–H and O–H groups in total. The molecule has 1 aromatic carbocycles. The Morgan fingerprint density at radius 3 is 2.24 bits per heavy atom. The van der Waals surface area contributed by atoms with Crippen LogP contribution in [0.1, 0.15) is 6.42 Å².